The van der Waals surface area contributed by atoms with Crippen molar-refractivity contribution in [3.63, 3.8) is 0 Å². The molecule has 0 saturated carbocycles. The number of nitrogens with one attached hydrogen (secondary N) is 1. The minimum Gasteiger partial charge on any atom is -0.372 e. The molecule has 6 heteroatoms. The number of hydrogen-bond acceptors (Lipinski definition) is 4. The zero-order valence-electron chi connectivity index (χ0n) is 9.93. The summed E-state index contributed by atoms with van der Waals surface area (Å²) >= 11 is 5.19. The van der Waals surface area contributed by atoms with E-state index in [4.69, 9.17) is 17.0 Å². The Balaban J connectivity index is 2.26. The molecule has 2 heterocycles. The van der Waals surface area contributed by atoms with Crippen molar-refractivity contribution in [3.8, 4) is 0 Å². The number of ether oxygens (including phenoxy) is 1. The molecule has 90 valence electrons. The Morgan fingerprint density at radius 3 is 2.62 bits per heavy atom. The van der Waals surface area contributed by atoms with Gasteiger partial charge >= 0.3 is 0 Å². The van der Waals surface area contributed by atoms with Gasteiger partial charge in [-0.15, -0.1) is 5.10 Å². The molecular formula is C10H18N4OS. The molecule has 1 aliphatic rings. The average molecular weight is 242 g/mol. The molecule has 2 atom stereocenters. The number of aromatic amines is 1. The first-order valence-electron chi connectivity index (χ1n) is 5.67. The van der Waals surface area contributed by atoms with Crippen molar-refractivity contribution in [2.24, 2.45) is 0 Å². The molecule has 1 saturated heterocycles. The largest absolute Gasteiger partial charge is 0.372 e. The summed E-state index contributed by atoms with van der Waals surface area (Å²) < 4.78 is 8.40. The number of hydrogen-bond donors (Lipinski definition) is 1. The van der Waals surface area contributed by atoms with E-state index in [0.717, 1.165) is 25.6 Å². The van der Waals surface area contributed by atoms with Crippen molar-refractivity contribution in [2.45, 2.75) is 39.5 Å². The minimum absolute atomic E-state index is 0.235. The van der Waals surface area contributed by atoms with Crippen molar-refractivity contribution >= 4 is 18.2 Å². The first kappa shape index (κ1) is 11.6. The van der Waals surface area contributed by atoms with Gasteiger partial charge in [0.2, 0.25) is 5.95 Å². The van der Waals surface area contributed by atoms with Crippen LogP contribution in [0.15, 0.2) is 0 Å². The Morgan fingerprint density at radius 1 is 1.44 bits per heavy atom. The van der Waals surface area contributed by atoms with E-state index >= 15 is 0 Å². The van der Waals surface area contributed by atoms with Crippen LogP contribution in [-0.4, -0.2) is 40.1 Å². The van der Waals surface area contributed by atoms with Gasteiger partial charge in [-0.25, -0.2) is 5.10 Å². The highest BCUT2D eigenvalue weighted by Gasteiger charge is 2.25. The maximum Gasteiger partial charge on any atom is 0.225 e. The molecule has 0 aliphatic carbocycles. The van der Waals surface area contributed by atoms with Crippen LogP contribution in [0.5, 0.6) is 0 Å². The predicted octanol–water partition coefficient (Wildman–Crippen LogP) is 1.57. The third-order valence-corrected chi connectivity index (χ3v) is 3.07. The summed E-state index contributed by atoms with van der Waals surface area (Å²) in [4.78, 5) is 2.23. The second-order valence-corrected chi connectivity index (χ2v) is 4.62. The van der Waals surface area contributed by atoms with Crippen molar-refractivity contribution < 1.29 is 4.74 Å². The Bertz CT molecular complexity index is 403. The molecule has 1 N–H and O–H groups in total. The van der Waals surface area contributed by atoms with E-state index in [1.807, 2.05) is 4.57 Å². The molecule has 0 spiro atoms. The predicted molar refractivity (Wildman–Crippen MR) is 65.3 cm³/mol. The Morgan fingerprint density at radius 2 is 2.06 bits per heavy atom. The first-order valence-corrected chi connectivity index (χ1v) is 6.08. The highest BCUT2D eigenvalue weighted by atomic mass is 32.1. The fraction of sp³-hybridized carbons (Fsp3) is 0.800. The number of anilines is 1. The van der Waals surface area contributed by atoms with Crippen molar-refractivity contribution in [1.29, 1.82) is 0 Å². The molecule has 2 rings (SSSR count). The molecule has 16 heavy (non-hydrogen) atoms. The first-order chi connectivity index (χ1) is 7.61. The van der Waals surface area contributed by atoms with E-state index in [0.29, 0.717) is 4.77 Å². The van der Waals surface area contributed by atoms with Gasteiger partial charge in [0.15, 0.2) is 4.77 Å². The number of aromatic nitrogens is 3. The van der Waals surface area contributed by atoms with Gasteiger partial charge in [-0.3, -0.25) is 4.57 Å². The van der Waals surface area contributed by atoms with Crippen LogP contribution in [0.2, 0.25) is 0 Å². The highest BCUT2D eigenvalue weighted by Crippen LogP contribution is 2.18. The third-order valence-electron chi connectivity index (χ3n) is 2.76. The van der Waals surface area contributed by atoms with Gasteiger partial charge < -0.3 is 9.64 Å². The molecule has 0 aromatic carbocycles. The van der Waals surface area contributed by atoms with Crippen molar-refractivity contribution in [2.75, 3.05) is 18.0 Å². The lowest BCUT2D eigenvalue weighted by molar-refractivity contribution is -0.00591. The average Bonchev–Trinajstić information content (AvgIpc) is 2.58. The standard InChI is InChI=1S/C10H18N4OS/c1-4-14-9(11-12-10(14)16)13-5-7(2)15-8(3)6-13/h7-8H,4-6H2,1-3H3,(H,12,16)/t7-,8+. The van der Waals surface area contributed by atoms with E-state index in [2.05, 4.69) is 35.9 Å². The number of nitrogens with zero attached hydrogens (tertiary/aromatic N) is 3. The molecule has 1 aliphatic heterocycles. The van der Waals surface area contributed by atoms with E-state index < -0.39 is 0 Å². The van der Waals surface area contributed by atoms with Crippen LogP contribution in [0.25, 0.3) is 0 Å². The van der Waals surface area contributed by atoms with Crippen molar-refractivity contribution in [1.82, 2.24) is 14.8 Å². The molecule has 1 fully saturated rings. The third kappa shape index (κ3) is 2.12. The highest BCUT2D eigenvalue weighted by molar-refractivity contribution is 7.71. The van der Waals surface area contributed by atoms with E-state index in [1.54, 1.807) is 0 Å². The normalized spacial score (nSPS) is 26.1. The summed E-state index contributed by atoms with van der Waals surface area (Å²) in [6.45, 7) is 8.81. The smallest absolute Gasteiger partial charge is 0.225 e. The SMILES string of the molecule is CCn1c(N2C[C@@H](C)O[C@@H](C)C2)n[nH]c1=S. The van der Waals surface area contributed by atoms with Crippen LogP contribution in [0.3, 0.4) is 0 Å². The lowest BCUT2D eigenvalue weighted by atomic mass is 10.2. The second kappa shape index (κ2) is 4.55. The lowest BCUT2D eigenvalue weighted by Crippen LogP contribution is -2.46. The van der Waals surface area contributed by atoms with E-state index in [9.17, 15) is 0 Å². The van der Waals surface area contributed by atoms with Gasteiger partial charge in [0.25, 0.3) is 0 Å². The maximum atomic E-state index is 5.70. The quantitative estimate of drug-likeness (QED) is 0.800. The minimum atomic E-state index is 0.235. The fourth-order valence-corrected chi connectivity index (χ4v) is 2.43. The molecule has 0 unspecified atom stereocenters. The summed E-state index contributed by atoms with van der Waals surface area (Å²) in [6, 6.07) is 0. The molecular weight excluding hydrogens is 224 g/mol. The van der Waals surface area contributed by atoms with Crippen LogP contribution in [0.1, 0.15) is 20.8 Å². The summed E-state index contributed by atoms with van der Waals surface area (Å²) in [6.07, 6.45) is 0.471. The topological polar surface area (TPSA) is 46.1 Å². The van der Waals surface area contributed by atoms with Gasteiger partial charge in [0, 0.05) is 19.6 Å². The molecule has 5 nitrogen and oxygen atoms in total. The lowest BCUT2D eigenvalue weighted by Gasteiger charge is -2.35. The zero-order valence-corrected chi connectivity index (χ0v) is 10.8. The summed E-state index contributed by atoms with van der Waals surface area (Å²) in [5.41, 5.74) is 0. The van der Waals surface area contributed by atoms with Gasteiger partial charge in [-0.2, -0.15) is 0 Å². The van der Waals surface area contributed by atoms with Crippen molar-refractivity contribution in [3.05, 3.63) is 4.77 Å². The van der Waals surface area contributed by atoms with Crippen LogP contribution in [-0.2, 0) is 11.3 Å². The Labute approximate surface area is 100 Å². The van der Waals surface area contributed by atoms with E-state index in [-0.39, 0.29) is 12.2 Å². The number of rotatable bonds is 2. The van der Waals surface area contributed by atoms with Crippen LogP contribution in [0.4, 0.5) is 5.95 Å². The molecule has 1 aromatic rings. The Hall–Kier alpha value is -0.880. The van der Waals surface area contributed by atoms with E-state index in [1.165, 1.54) is 0 Å². The van der Waals surface area contributed by atoms with Crippen LogP contribution in [0, 0.1) is 4.77 Å². The van der Waals surface area contributed by atoms with Gasteiger partial charge in [0.05, 0.1) is 12.2 Å². The Kier molecular flexibility index (Phi) is 3.30. The monoisotopic (exact) mass is 242 g/mol. The van der Waals surface area contributed by atoms with Gasteiger partial charge in [0.1, 0.15) is 0 Å². The number of H-pyrrole nitrogens is 1. The second-order valence-electron chi connectivity index (χ2n) is 4.24. The van der Waals surface area contributed by atoms with Crippen LogP contribution >= 0.6 is 12.2 Å². The molecule has 1 aromatic heterocycles. The zero-order chi connectivity index (χ0) is 11.7. The fourth-order valence-electron chi connectivity index (χ4n) is 2.18. The number of morpholine rings is 1. The molecule has 0 bridgehead atoms. The maximum absolute atomic E-state index is 5.70. The van der Waals surface area contributed by atoms with Gasteiger partial charge in [-0.1, -0.05) is 0 Å². The summed E-state index contributed by atoms with van der Waals surface area (Å²) in [7, 11) is 0. The summed E-state index contributed by atoms with van der Waals surface area (Å²) in [5.74, 6) is 0.925. The summed E-state index contributed by atoms with van der Waals surface area (Å²) in [5, 5.41) is 7.14. The molecule has 0 amide bonds. The van der Waals surface area contributed by atoms with Crippen LogP contribution < -0.4 is 4.90 Å². The van der Waals surface area contributed by atoms with Gasteiger partial charge in [-0.05, 0) is 33.0 Å². The molecule has 0 radical (unpaired) electrons.